The second-order valence-electron chi connectivity index (χ2n) is 9.09. The van der Waals surface area contributed by atoms with E-state index in [2.05, 4.69) is 20.2 Å². The standard InChI is InChI=1S/C26H29ClN6O2S/c27-21-6-4-19(5-7-21)17-29-24(34)22-18-36-25(30-22)20-8-11-32(12-9-20)26(35)33-15-13-31(14-16-33)23-3-1-2-10-28-23/h1-7,10,18,20H,8-9,11-17H2,(H,29,34). The number of pyridine rings is 1. The molecule has 0 spiro atoms. The summed E-state index contributed by atoms with van der Waals surface area (Å²) in [7, 11) is 0. The molecule has 0 saturated carbocycles. The fraction of sp³-hybridized carbons (Fsp3) is 0.385. The average Bonchev–Trinajstić information content (AvgIpc) is 3.43. The molecule has 5 rings (SSSR count). The molecule has 0 unspecified atom stereocenters. The molecule has 2 saturated heterocycles. The Bertz CT molecular complexity index is 1170. The van der Waals surface area contributed by atoms with Gasteiger partial charge in [0.05, 0.1) is 5.01 Å². The molecule has 0 radical (unpaired) electrons. The number of halogens is 1. The third kappa shape index (κ3) is 5.79. The number of anilines is 1. The third-order valence-corrected chi connectivity index (χ3v) is 8.02. The number of piperidine rings is 1. The van der Waals surface area contributed by atoms with Crippen LogP contribution in [-0.4, -0.2) is 71.0 Å². The highest BCUT2D eigenvalue weighted by molar-refractivity contribution is 7.09. The highest BCUT2D eigenvalue weighted by atomic mass is 35.5. The Kier molecular flexibility index (Phi) is 7.67. The van der Waals surface area contributed by atoms with Crippen LogP contribution in [0.5, 0.6) is 0 Å². The van der Waals surface area contributed by atoms with Crippen molar-refractivity contribution in [1.82, 2.24) is 25.1 Å². The molecular formula is C26H29ClN6O2S. The Morgan fingerprint density at radius 1 is 0.972 bits per heavy atom. The Hall–Kier alpha value is -3.17. The summed E-state index contributed by atoms with van der Waals surface area (Å²) in [6.45, 7) is 4.84. The first-order valence-corrected chi connectivity index (χ1v) is 13.5. The van der Waals surface area contributed by atoms with Gasteiger partial charge >= 0.3 is 6.03 Å². The van der Waals surface area contributed by atoms with Gasteiger partial charge in [0.25, 0.3) is 5.91 Å². The van der Waals surface area contributed by atoms with Crippen molar-refractivity contribution in [2.75, 3.05) is 44.2 Å². The first-order valence-electron chi connectivity index (χ1n) is 12.2. The number of nitrogens with one attached hydrogen (secondary N) is 1. The maximum absolute atomic E-state index is 13.1. The van der Waals surface area contributed by atoms with Crippen molar-refractivity contribution >= 4 is 40.7 Å². The van der Waals surface area contributed by atoms with Crippen molar-refractivity contribution in [2.45, 2.75) is 25.3 Å². The SMILES string of the molecule is O=C(NCc1ccc(Cl)cc1)c1csc(C2CCN(C(=O)N3CCN(c4ccccn4)CC3)CC2)n1. The Morgan fingerprint density at radius 3 is 2.39 bits per heavy atom. The molecule has 2 aliphatic heterocycles. The smallest absolute Gasteiger partial charge is 0.320 e. The van der Waals surface area contributed by atoms with Crippen molar-refractivity contribution in [3.63, 3.8) is 0 Å². The molecule has 36 heavy (non-hydrogen) atoms. The summed E-state index contributed by atoms with van der Waals surface area (Å²) in [6.07, 6.45) is 3.52. The summed E-state index contributed by atoms with van der Waals surface area (Å²) < 4.78 is 0. The Morgan fingerprint density at radius 2 is 1.69 bits per heavy atom. The first-order chi connectivity index (χ1) is 17.6. The van der Waals surface area contributed by atoms with Crippen LogP contribution in [0.4, 0.5) is 10.6 Å². The largest absolute Gasteiger partial charge is 0.353 e. The molecule has 1 N–H and O–H groups in total. The molecule has 3 aromatic rings. The van der Waals surface area contributed by atoms with Gasteiger partial charge in [-0.2, -0.15) is 0 Å². The Labute approximate surface area is 219 Å². The van der Waals surface area contributed by atoms with Crippen LogP contribution in [0, 0.1) is 0 Å². The van der Waals surface area contributed by atoms with Crippen LogP contribution in [0.15, 0.2) is 54.0 Å². The minimum absolute atomic E-state index is 0.121. The van der Waals surface area contributed by atoms with Crippen LogP contribution in [0.1, 0.15) is 39.8 Å². The maximum atomic E-state index is 13.1. The van der Waals surface area contributed by atoms with E-state index in [0.717, 1.165) is 42.3 Å². The van der Waals surface area contributed by atoms with E-state index in [0.29, 0.717) is 43.4 Å². The summed E-state index contributed by atoms with van der Waals surface area (Å²) >= 11 is 7.44. The molecule has 2 aromatic heterocycles. The summed E-state index contributed by atoms with van der Waals surface area (Å²) in [5.74, 6) is 1.06. The van der Waals surface area contributed by atoms with Crippen LogP contribution in [0.25, 0.3) is 0 Å². The topological polar surface area (TPSA) is 81.7 Å². The van der Waals surface area contributed by atoms with Crippen LogP contribution < -0.4 is 10.2 Å². The minimum Gasteiger partial charge on any atom is -0.353 e. The van der Waals surface area contributed by atoms with Crippen molar-refractivity contribution in [3.8, 4) is 0 Å². The van der Waals surface area contributed by atoms with E-state index in [9.17, 15) is 9.59 Å². The van der Waals surface area contributed by atoms with E-state index in [-0.39, 0.29) is 17.9 Å². The van der Waals surface area contributed by atoms with Gasteiger partial charge in [0.1, 0.15) is 11.5 Å². The Balaban J connectivity index is 1.08. The van der Waals surface area contributed by atoms with Gasteiger partial charge in [-0.1, -0.05) is 29.8 Å². The second kappa shape index (κ2) is 11.3. The summed E-state index contributed by atoms with van der Waals surface area (Å²) in [4.78, 5) is 40.8. The lowest BCUT2D eigenvalue weighted by molar-refractivity contribution is 0.0946. The molecule has 188 valence electrons. The van der Waals surface area contributed by atoms with Crippen molar-refractivity contribution in [1.29, 1.82) is 0 Å². The molecule has 0 bridgehead atoms. The third-order valence-electron chi connectivity index (χ3n) is 6.76. The van der Waals surface area contributed by atoms with E-state index in [1.54, 1.807) is 6.20 Å². The number of aromatic nitrogens is 2. The zero-order valence-corrected chi connectivity index (χ0v) is 21.5. The number of hydrogen-bond acceptors (Lipinski definition) is 6. The molecule has 8 nitrogen and oxygen atoms in total. The number of likely N-dealkylation sites (tertiary alicyclic amines) is 1. The van der Waals surface area contributed by atoms with Crippen molar-refractivity contribution < 1.29 is 9.59 Å². The van der Waals surface area contributed by atoms with Crippen LogP contribution in [0.2, 0.25) is 5.02 Å². The number of carbonyl (C=O) groups excluding carboxylic acids is 2. The lowest BCUT2D eigenvalue weighted by Crippen LogP contribution is -2.54. The number of rotatable bonds is 5. The van der Waals surface area contributed by atoms with Gasteiger partial charge in [-0.3, -0.25) is 4.79 Å². The monoisotopic (exact) mass is 524 g/mol. The summed E-state index contributed by atoms with van der Waals surface area (Å²) in [5.41, 5.74) is 1.44. The molecule has 0 atom stereocenters. The van der Waals surface area contributed by atoms with Crippen molar-refractivity contribution in [3.05, 3.63) is 75.3 Å². The van der Waals surface area contributed by atoms with Crippen LogP contribution in [0.3, 0.4) is 0 Å². The van der Waals surface area contributed by atoms with E-state index in [4.69, 9.17) is 11.6 Å². The first kappa shape index (κ1) is 24.5. The highest BCUT2D eigenvalue weighted by Crippen LogP contribution is 2.31. The number of nitrogens with zero attached hydrogens (tertiary/aromatic N) is 5. The lowest BCUT2D eigenvalue weighted by atomic mass is 9.98. The van der Waals surface area contributed by atoms with Gasteiger partial charge in [0.15, 0.2) is 0 Å². The quantitative estimate of drug-likeness (QED) is 0.540. The predicted molar refractivity (Wildman–Crippen MR) is 142 cm³/mol. The lowest BCUT2D eigenvalue weighted by Gasteiger charge is -2.39. The minimum atomic E-state index is -0.176. The van der Waals surface area contributed by atoms with Gasteiger partial charge in [0.2, 0.25) is 0 Å². The fourth-order valence-electron chi connectivity index (χ4n) is 4.64. The van der Waals surface area contributed by atoms with Gasteiger partial charge < -0.3 is 20.0 Å². The number of amides is 3. The number of benzene rings is 1. The van der Waals surface area contributed by atoms with Crippen molar-refractivity contribution in [2.24, 2.45) is 0 Å². The highest BCUT2D eigenvalue weighted by Gasteiger charge is 2.30. The number of hydrogen-bond donors (Lipinski definition) is 1. The normalized spacial score (nSPS) is 16.8. The maximum Gasteiger partial charge on any atom is 0.320 e. The van der Waals surface area contributed by atoms with Crippen LogP contribution in [-0.2, 0) is 6.54 Å². The molecule has 1 aromatic carbocycles. The fourth-order valence-corrected chi connectivity index (χ4v) is 5.74. The van der Waals surface area contributed by atoms with Gasteiger partial charge in [-0.15, -0.1) is 11.3 Å². The number of piperazine rings is 1. The van der Waals surface area contributed by atoms with E-state index in [1.807, 2.05) is 57.6 Å². The summed E-state index contributed by atoms with van der Waals surface area (Å²) in [6, 6.07) is 13.4. The van der Waals surface area contributed by atoms with Gasteiger partial charge in [0, 0.05) is 68.3 Å². The second-order valence-corrected chi connectivity index (χ2v) is 10.4. The molecule has 0 aliphatic carbocycles. The zero-order valence-electron chi connectivity index (χ0n) is 20.0. The zero-order chi connectivity index (χ0) is 24.9. The molecule has 2 aliphatic rings. The number of urea groups is 1. The summed E-state index contributed by atoms with van der Waals surface area (Å²) in [5, 5.41) is 6.39. The molecule has 3 amide bonds. The predicted octanol–water partition coefficient (Wildman–Crippen LogP) is 4.24. The number of carbonyl (C=O) groups is 2. The van der Waals surface area contributed by atoms with Gasteiger partial charge in [-0.25, -0.2) is 14.8 Å². The molecular weight excluding hydrogens is 496 g/mol. The molecule has 2 fully saturated rings. The molecule has 4 heterocycles. The molecule has 10 heteroatoms. The average molecular weight is 525 g/mol. The van der Waals surface area contributed by atoms with Gasteiger partial charge in [-0.05, 0) is 42.7 Å². The van der Waals surface area contributed by atoms with E-state index in [1.165, 1.54) is 11.3 Å². The van der Waals surface area contributed by atoms with E-state index < -0.39 is 0 Å². The van der Waals surface area contributed by atoms with E-state index >= 15 is 0 Å². The van der Waals surface area contributed by atoms with Crippen LogP contribution >= 0.6 is 22.9 Å². The number of thiazole rings is 1.